The van der Waals surface area contributed by atoms with E-state index in [-0.39, 0.29) is 0 Å². The van der Waals surface area contributed by atoms with Crippen LogP contribution in [0.1, 0.15) is 0 Å². The van der Waals surface area contributed by atoms with Gasteiger partial charge in [-0.3, -0.25) is 4.68 Å². The van der Waals surface area contributed by atoms with E-state index in [1.807, 2.05) is 19.2 Å². The molecule has 24 heavy (non-hydrogen) atoms. The molecule has 0 aliphatic carbocycles. The Morgan fingerprint density at radius 3 is 2.67 bits per heavy atom. The van der Waals surface area contributed by atoms with Gasteiger partial charge in [-0.2, -0.15) is 5.10 Å². The largest absolute Gasteiger partial charge is 0.596 e. The predicted octanol–water partition coefficient (Wildman–Crippen LogP) is 3.34. The quantitative estimate of drug-likeness (QED) is 0.407. The number of aryl methyl sites for hydroxylation is 1. The Balaban J connectivity index is 1.94. The van der Waals surface area contributed by atoms with Crippen LogP contribution in [-0.4, -0.2) is 19.3 Å². The van der Waals surface area contributed by atoms with Crippen molar-refractivity contribution in [1.82, 2.24) is 19.3 Å². The molecule has 8 heteroatoms. The monoisotopic (exact) mass is 359 g/mol. The molecule has 0 fully saturated rings. The molecule has 4 aromatic rings. The lowest BCUT2D eigenvalue weighted by Crippen LogP contribution is -2.31. The van der Waals surface area contributed by atoms with Crippen molar-refractivity contribution >= 4 is 28.8 Å². The zero-order valence-electron chi connectivity index (χ0n) is 12.5. The number of benzene rings is 1. The average Bonchev–Trinajstić information content (AvgIpc) is 3.13. The molecule has 0 aliphatic rings. The van der Waals surface area contributed by atoms with Gasteiger partial charge in [0.2, 0.25) is 11.8 Å². The molecule has 6 nitrogen and oxygen atoms in total. The third kappa shape index (κ3) is 2.31. The summed E-state index contributed by atoms with van der Waals surface area (Å²) in [6, 6.07) is 8.90. The third-order valence-electron chi connectivity index (χ3n) is 3.82. The summed E-state index contributed by atoms with van der Waals surface area (Å²) in [6.45, 7) is 0. The third-order valence-corrected chi connectivity index (χ3v) is 4.56. The summed E-state index contributed by atoms with van der Waals surface area (Å²) in [5.74, 6) is 0. The smallest absolute Gasteiger partial charge is 0.221 e. The highest BCUT2D eigenvalue weighted by Crippen LogP contribution is 2.29. The van der Waals surface area contributed by atoms with Gasteiger partial charge in [-0.15, -0.1) is 0 Å². The number of hydrogen-bond donors (Lipinski definition) is 0. The van der Waals surface area contributed by atoms with Crippen molar-refractivity contribution in [2.45, 2.75) is 0 Å². The van der Waals surface area contributed by atoms with Gasteiger partial charge in [-0.1, -0.05) is 38.6 Å². The van der Waals surface area contributed by atoms with Crippen LogP contribution < -0.4 is 4.85 Å². The Kier molecular flexibility index (Phi) is 3.44. The van der Waals surface area contributed by atoms with E-state index in [9.17, 15) is 5.21 Å². The minimum Gasteiger partial charge on any atom is -0.596 e. The fourth-order valence-corrected chi connectivity index (χ4v) is 2.92. The Bertz CT molecular complexity index is 1070. The van der Waals surface area contributed by atoms with E-state index in [0.717, 1.165) is 16.1 Å². The zero-order chi connectivity index (χ0) is 16.8. The molecule has 0 unspecified atom stereocenters. The summed E-state index contributed by atoms with van der Waals surface area (Å²) in [7, 11) is 1.82. The van der Waals surface area contributed by atoms with Gasteiger partial charge in [0.15, 0.2) is 0 Å². The van der Waals surface area contributed by atoms with E-state index in [2.05, 4.69) is 10.1 Å². The molecular weight excluding hydrogens is 349 g/mol. The molecular formula is C16H11Cl2N5O. The second-order valence-electron chi connectivity index (χ2n) is 5.30. The summed E-state index contributed by atoms with van der Waals surface area (Å²) < 4.78 is 3.13. The maximum absolute atomic E-state index is 12.1. The Morgan fingerprint density at radius 1 is 1.12 bits per heavy atom. The molecule has 120 valence electrons. The van der Waals surface area contributed by atoms with Crippen molar-refractivity contribution in [2.75, 3.05) is 0 Å². The van der Waals surface area contributed by atoms with Crippen molar-refractivity contribution < 1.29 is 4.85 Å². The first-order chi connectivity index (χ1) is 11.5. The van der Waals surface area contributed by atoms with Gasteiger partial charge in [0.05, 0.1) is 27.6 Å². The lowest BCUT2D eigenvalue weighted by Gasteiger charge is -2.04. The maximum Gasteiger partial charge on any atom is 0.221 e. The predicted molar refractivity (Wildman–Crippen MR) is 91.8 cm³/mol. The first-order valence-corrected chi connectivity index (χ1v) is 7.85. The van der Waals surface area contributed by atoms with Crippen LogP contribution in [0.25, 0.3) is 28.2 Å². The van der Waals surface area contributed by atoms with Crippen molar-refractivity contribution in [3.63, 3.8) is 0 Å². The SMILES string of the molecule is Cn1nccc1-c1c[n+]([O-])n2ccc(-c3ccc(Cl)c(Cl)c3)nc12. The first kappa shape index (κ1) is 15.0. The average molecular weight is 360 g/mol. The molecule has 0 spiro atoms. The number of hydrogen-bond acceptors (Lipinski definition) is 3. The number of aromatic nitrogens is 5. The normalized spacial score (nSPS) is 11.3. The van der Waals surface area contributed by atoms with Gasteiger partial charge < -0.3 is 5.21 Å². The van der Waals surface area contributed by atoms with Crippen LogP contribution in [-0.2, 0) is 7.05 Å². The lowest BCUT2D eigenvalue weighted by molar-refractivity contribution is -0.676. The molecule has 0 atom stereocenters. The lowest BCUT2D eigenvalue weighted by atomic mass is 10.1. The molecule has 0 saturated carbocycles. The van der Waals surface area contributed by atoms with Crippen LogP contribution in [0, 0.1) is 5.21 Å². The van der Waals surface area contributed by atoms with Crippen molar-refractivity contribution in [3.05, 3.63) is 64.2 Å². The molecule has 4 rings (SSSR count). The van der Waals surface area contributed by atoms with Crippen molar-refractivity contribution in [1.29, 1.82) is 0 Å². The zero-order valence-corrected chi connectivity index (χ0v) is 14.0. The summed E-state index contributed by atoms with van der Waals surface area (Å²) in [6.07, 6.45) is 4.84. The Hall–Kier alpha value is -2.57. The molecule has 3 heterocycles. The summed E-state index contributed by atoms with van der Waals surface area (Å²) >= 11 is 12.1. The number of halogens is 2. The van der Waals surface area contributed by atoms with Crippen LogP contribution in [0.4, 0.5) is 0 Å². The van der Waals surface area contributed by atoms with Gasteiger partial charge in [0.1, 0.15) is 5.56 Å². The Labute approximate surface area is 147 Å². The highest BCUT2D eigenvalue weighted by molar-refractivity contribution is 6.42. The van der Waals surface area contributed by atoms with Crippen LogP contribution in [0.2, 0.25) is 10.0 Å². The molecule has 0 bridgehead atoms. The highest BCUT2D eigenvalue weighted by atomic mass is 35.5. The standard InChI is InChI=1S/C16H11Cl2N5O/c1-21-15(4-6-19-21)11-9-23(24)22-7-5-14(20-16(11)22)10-2-3-12(17)13(18)8-10/h2-9H,1H3. The summed E-state index contributed by atoms with van der Waals surface area (Å²) in [5.41, 5.74) is 3.56. The van der Waals surface area contributed by atoms with Crippen LogP contribution >= 0.6 is 23.2 Å². The second-order valence-corrected chi connectivity index (χ2v) is 6.11. The van der Waals surface area contributed by atoms with E-state index in [4.69, 9.17) is 23.2 Å². The minimum atomic E-state index is 0.456. The minimum absolute atomic E-state index is 0.456. The fraction of sp³-hybridized carbons (Fsp3) is 0.0625. The number of fused-ring (bicyclic) bond motifs is 1. The molecule has 0 radical (unpaired) electrons. The fourth-order valence-electron chi connectivity index (χ4n) is 2.62. The molecule has 1 aromatic carbocycles. The van der Waals surface area contributed by atoms with Crippen LogP contribution in [0.3, 0.4) is 0 Å². The molecule has 3 aromatic heterocycles. The maximum atomic E-state index is 12.1. The van der Waals surface area contributed by atoms with Crippen molar-refractivity contribution in [2.24, 2.45) is 7.05 Å². The van der Waals surface area contributed by atoms with Crippen LogP contribution in [0.5, 0.6) is 0 Å². The molecule has 0 saturated heterocycles. The number of nitrogens with zero attached hydrogens (tertiary/aromatic N) is 5. The van der Waals surface area contributed by atoms with E-state index >= 15 is 0 Å². The van der Waals surface area contributed by atoms with Gasteiger partial charge in [0.25, 0.3) is 0 Å². The van der Waals surface area contributed by atoms with Crippen LogP contribution in [0.15, 0.2) is 48.9 Å². The van der Waals surface area contributed by atoms with Gasteiger partial charge in [-0.25, -0.2) is 4.98 Å². The molecule has 0 N–H and O–H groups in total. The molecule has 0 amide bonds. The number of rotatable bonds is 2. The summed E-state index contributed by atoms with van der Waals surface area (Å²) in [5, 5.41) is 17.2. The van der Waals surface area contributed by atoms with Gasteiger partial charge in [-0.05, 0) is 24.3 Å². The van der Waals surface area contributed by atoms with E-state index in [0.29, 0.717) is 26.9 Å². The first-order valence-electron chi connectivity index (χ1n) is 7.10. The van der Waals surface area contributed by atoms with E-state index in [1.165, 1.54) is 10.7 Å². The highest BCUT2D eigenvalue weighted by Gasteiger charge is 2.18. The Morgan fingerprint density at radius 2 is 1.96 bits per heavy atom. The topological polar surface area (TPSA) is 62.1 Å². The van der Waals surface area contributed by atoms with E-state index < -0.39 is 0 Å². The van der Waals surface area contributed by atoms with Crippen molar-refractivity contribution in [3.8, 4) is 22.5 Å². The van der Waals surface area contributed by atoms with Gasteiger partial charge in [0, 0.05) is 18.8 Å². The molecule has 0 aliphatic heterocycles. The summed E-state index contributed by atoms with van der Waals surface area (Å²) in [4.78, 5) is 5.37. The van der Waals surface area contributed by atoms with Gasteiger partial charge >= 0.3 is 0 Å². The second kappa shape index (κ2) is 5.51. The van der Waals surface area contributed by atoms with E-state index in [1.54, 1.807) is 35.3 Å².